The molecule has 0 aliphatic rings. The molecular formula is C14H20N2S. The van der Waals surface area contributed by atoms with E-state index in [1.165, 1.54) is 5.56 Å². The Balaban J connectivity index is 2.51. The highest BCUT2D eigenvalue weighted by atomic mass is 32.2. The van der Waals surface area contributed by atoms with Crippen LogP contribution in [0.2, 0.25) is 0 Å². The summed E-state index contributed by atoms with van der Waals surface area (Å²) in [5, 5.41) is 12.3. The minimum Gasteiger partial charge on any atom is -0.307 e. The molecule has 2 unspecified atom stereocenters. The summed E-state index contributed by atoms with van der Waals surface area (Å²) < 4.78 is 0. The molecule has 0 aliphatic carbocycles. The molecule has 2 nitrogen and oxygen atoms in total. The molecule has 0 aliphatic heterocycles. The predicted octanol–water partition coefficient (Wildman–Crippen LogP) is 3.35. The molecule has 0 saturated heterocycles. The Morgan fingerprint density at radius 1 is 1.29 bits per heavy atom. The van der Waals surface area contributed by atoms with Gasteiger partial charge in [-0.05, 0) is 37.3 Å². The Labute approximate surface area is 108 Å². The van der Waals surface area contributed by atoms with Crippen LogP contribution in [0.15, 0.2) is 24.3 Å². The second-order valence-corrected chi connectivity index (χ2v) is 5.50. The van der Waals surface area contributed by atoms with E-state index in [0.717, 1.165) is 17.1 Å². The second-order valence-electron chi connectivity index (χ2n) is 4.18. The molecule has 0 amide bonds. The summed E-state index contributed by atoms with van der Waals surface area (Å²) in [4.78, 5) is 0. The minimum absolute atomic E-state index is 0.329. The smallest absolute Gasteiger partial charge is 0.0991 e. The lowest BCUT2D eigenvalue weighted by atomic mass is 10.1. The van der Waals surface area contributed by atoms with Crippen molar-refractivity contribution in [1.82, 2.24) is 5.32 Å². The van der Waals surface area contributed by atoms with Gasteiger partial charge < -0.3 is 5.32 Å². The number of rotatable bonds is 6. The Morgan fingerprint density at radius 2 is 1.94 bits per heavy atom. The molecule has 92 valence electrons. The minimum atomic E-state index is 0.329. The summed E-state index contributed by atoms with van der Waals surface area (Å²) in [7, 11) is 0. The van der Waals surface area contributed by atoms with Crippen LogP contribution in [0.5, 0.6) is 0 Å². The molecular weight excluding hydrogens is 228 g/mol. The Bertz CT molecular complexity index is 367. The van der Waals surface area contributed by atoms with Gasteiger partial charge in [0.1, 0.15) is 0 Å². The molecule has 0 bridgehead atoms. The van der Waals surface area contributed by atoms with Crippen molar-refractivity contribution in [2.75, 3.05) is 11.5 Å². The maximum atomic E-state index is 8.74. The highest BCUT2D eigenvalue weighted by Crippen LogP contribution is 2.14. The number of nitrogens with zero attached hydrogens (tertiary/aromatic N) is 1. The van der Waals surface area contributed by atoms with Crippen molar-refractivity contribution in [3.8, 4) is 6.07 Å². The molecule has 0 fully saturated rings. The SMILES string of the molecule is CCSCC(C)NC(C)c1ccc(C#N)cc1. The van der Waals surface area contributed by atoms with Crippen LogP contribution in [0.25, 0.3) is 0 Å². The molecule has 0 heterocycles. The van der Waals surface area contributed by atoms with Crippen molar-refractivity contribution in [2.24, 2.45) is 0 Å². The van der Waals surface area contributed by atoms with E-state index in [4.69, 9.17) is 5.26 Å². The summed E-state index contributed by atoms with van der Waals surface area (Å²) in [5.74, 6) is 2.30. The average molecular weight is 248 g/mol. The first-order chi connectivity index (χ1) is 8.17. The number of hydrogen-bond acceptors (Lipinski definition) is 3. The number of nitriles is 1. The van der Waals surface area contributed by atoms with Crippen LogP contribution < -0.4 is 5.32 Å². The van der Waals surface area contributed by atoms with Gasteiger partial charge in [0, 0.05) is 17.8 Å². The molecule has 1 aromatic rings. The van der Waals surface area contributed by atoms with Crippen molar-refractivity contribution in [3.63, 3.8) is 0 Å². The molecule has 0 radical (unpaired) electrons. The summed E-state index contributed by atoms with van der Waals surface area (Å²) in [5.41, 5.74) is 1.95. The molecule has 0 saturated carbocycles. The largest absolute Gasteiger partial charge is 0.307 e. The van der Waals surface area contributed by atoms with Crippen molar-refractivity contribution in [3.05, 3.63) is 35.4 Å². The molecule has 0 spiro atoms. The first kappa shape index (κ1) is 14.1. The van der Waals surface area contributed by atoms with Gasteiger partial charge in [-0.1, -0.05) is 19.1 Å². The van der Waals surface area contributed by atoms with Crippen LogP contribution in [0.1, 0.15) is 37.9 Å². The highest BCUT2D eigenvalue weighted by Gasteiger charge is 2.09. The lowest BCUT2D eigenvalue weighted by Gasteiger charge is -2.20. The lowest BCUT2D eigenvalue weighted by Crippen LogP contribution is -2.30. The van der Waals surface area contributed by atoms with E-state index in [0.29, 0.717) is 12.1 Å². The third-order valence-corrected chi connectivity index (χ3v) is 3.79. The van der Waals surface area contributed by atoms with Gasteiger partial charge in [-0.25, -0.2) is 0 Å². The van der Waals surface area contributed by atoms with Crippen molar-refractivity contribution < 1.29 is 0 Å². The zero-order valence-electron chi connectivity index (χ0n) is 10.7. The van der Waals surface area contributed by atoms with Gasteiger partial charge in [0.05, 0.1) is 11.6 Å². The molecule has 17 heavy (non-hydrogen) atoms. The van der Waals surface area contributed by atoms with Gasteiger partial charge in [-0.15, -0.1) is 0 Å². The van der Waals surface area contributed by atoms with Gasteiger partial charge in [-0.2, -0.15) is 17.0 Å². The Kier molecular flexibility index (Phi) is 6.10. The van der Waals surface area contributed by atoms with E-state index in [1.54, 1.807) is 0 Å². The fraction of sp³-hybridized carbons (Fsp3) is 0.500. The average Bonchev–Trinajstić information content (AvgIpc) is 2.36. The third kappa shape index (κ3) is 4.80. The van der Waals surface area contributed by atoms with Gasteiger partial charge >= 0.3 is 0 Å². The normalized spacial score (nSPS) is 14.0. The predicted molar refractivity (Wildman–Crippen MR) is 75.2 cm³/mol. The van der Waals surface area contributed by atoms with Crippen LogP contribution in [0.4, 0.5) is 0 Å². The standard InChI is InChI=1S/C14H20N2S/c1-4-17-10-11(2)16-12(3)14-7-5-13(9-15)6-8-14/h5-8,11-12,16H,4,10H2,1-3H3. The number of thioether (sulfide) groups is 1. The van der Waals surface area contributed by atoms with Crippen molar-refractivity contribution >= 4 is 11.8 Å². The fourth-order valence-corrected chi connectivity index (χ4v) is 2.40. The maximum Gasteiger partial charge on any atom is 0.0991 e. The topological polar surface area (TPSA) is 35.8 Å². The molecule has 3 heteroatoms. The molecule has 2 atom stereocenters. The molecule has 1 N–H and O–H groups in total. The van der Waals surface area contributed by atoms with Gasteiger partial charge in [0.15, 0.2) is 0 Å². The number of benzene rings is 1. The highest BCUT2D eigenvalue weighted by molar-refractivity contribution is 7.99. The molecule has 1 aromatic carbocycles. The van der Waals surface area contributed by atoms with E-state index in [1.807, 2.05) is 36.0 Å². The molecule has 1 rings (SSSR count). The van der Waals surface area contributed by atoms with Crippen LogP contribution in [0.3, 0.4) is 0 Å². The first-order valence-electron chi connectivity index (χ1n) is 6.01. The van der Waals surface area contributed by atoms with Crippen molar-refractivity contribution in [1.29, 1.82) is 5.26 Å². The van der Waals surface area contributed by atoms with Gasteiger partial charge in [0.25, 0.3) is 0 Å². The summed E-state index contributed by atoms with van der Waals surface area (Å²) >= 11 is 1.95. The van der Waals surface area contributed by atoms with E-state index in [2.05, 4.69) is 32.2 Å². The third-order valence-electron chi connectivity index (χ3n) is 2.65. The van der Waals surface area contributed by atoms with E-state index in [9.17, 15) is 0 Å². The number of nitrogens with one attached hydrogen (secondary N) is 1. The summed E-state index contributed by atoms with van der Waals surface area (Å²) in [6.45, 7) is 6.55. The van der Waals surface area contributed by atoms with E-state index >= 15 is 0 Å². The zero-order chi connectivity index (χ0) is 12.7. The Hall–Kier alpha value is -0.980. The Morgan fingerprint density at radius 3 is 2.47 bits per heavy atom. The molecule has 0 aromatic heterocycles. The monoisotopic (exact) mass is 248 g/mol. The van der Waals surface area contributed by atoms with Crippen LogP contribution in [0, 0.1) is 11.3 Å². The van der Waals surface area contributed by atoms with E-state index < -0.39 is 0 Å². The summed E-state index contributed by atoms with van der Waals surface area (Å²) in [6.07, 6.45) is 0. The number of hydrogen-bond donors (Lipinski definition) is 1. The van der Waals surface area contributed by atoms with Crippen LogP contribution >= 0.6 is 11.8 Å². The fourth-order valence-electron chi connectivity index (χ4n) is 1.71. The lowest BCUT2D eigenvalue weighted by molar-refractivity contribution is 0.511. The zero-order valence-corrected chi connectivity index (χ0v) is 11.6. The van der Waals surface area contributed by atoms with Crippen LogP contribution in [-0.4, -0.2) is 17.5 Å². The second kappa shape index (κ2) is 7.37. The quantitative estimate of drug-likeness (QED) is 0.838. The van der Waals surface area contributed by atoms with Crippen molar-refractivity contribution in [2.45, 2.75) is 32.9 Å². The van der Waals surface area contributed by atoms with Crippen LogP contribution in [-0.2, 0) is 0 Å². The summed E-state index contributed by atoms with van der Waals surface area (Å²) in [6, 6.07) is 10.8. The maximum absolute atomic E-state index is 8.74. The first-order valence-corrected chi connectivity index (χ1v) is 7.16. The van der Waals surface area contributed by atoms with Gasteiger partial charge in [-0.3, -0.25) is 0 Å². The van der Waals surface area contributed by atoms with E-state index in [-0.39, 0.29) is 0 Å². The van der Waals surface area contributed by atoms with Gasteiger partial charge in [0.2, 0.25) is 0 Å².